The number of rotatable bonds is 7. The standard InChI is InChI=1S/C21H28N4O3/c26-21(22-20-10-11-25(23-20)14-17-6-2-1-3-7-17)24(15-18-8-4-12-27-18)16-19-9-5-13-28-19/h1-3,6-7,10-11,18-19H,4-5,8-9,12-16H2,(H,22,23,26)/t18-,19-/m0/s1. The molecule has 4 rings (SSSR count). The third-order valence-electron chi connectivity index (χ3n) is 5.25. The molecule has 0 aliphatic carbocycles. The number of benzene rings is 1. The molecule has 0 bridgehead atoms. The fourth-order valence-corrected chi connectivity index (χ4v) is 3.78. The van der Waals surface area contributed by atoms with Gasteiger partial charge in [-0.1, -0.05) is 30.3 Å². The van der Waals surface area contributed by atoms with Gasteiger partial charge in [0.2, 0.25) is 0 Å². The molecule has 0 saturated carbocycles. The molecule has 3 heterocycles. The van der Waals surface area contributed by atoms with E-state index in [1.807, 2.05) is 40.0 Å². The van der Waals surface area contributed by atoms with Crippen LogP contribution in [0, 0.1) is 0 Å². The molecule has 2 aliphatic heterocycles. The molecule has 1 aromatic heterocycles. The summed E-state index contributed by atoms with van der Waals surface area (Å²) in [7, 11) is 0. The van der Waals surface area contributed by atoms with E-state index in [-0.39, 0.29) is 18.2 Å². The van der Waals surface area contributed by atoms with E-state index in [1.54, 1.807) is 0 Å². The third kappa shape index (κ3) is 5.11. The van der Waals surface area contributed by atoms with Gasteiger partial charge in [0.05, 0.1) is 18.8 Å². The summed E-state index contributed by atoms with van der Waals surface area (Å²) in [5.41, 5.74) is 1.17. The van der Waals surface area contributed by atoms with Gasteiger partial charge >= 0.3 is 6.03 Å². The highest BCUT2D eigenvalue weighted by molar-refractivity contribution is 5.88. The van der Waals surface area contributed by atoms with Crippen LogP contribution in [-0.2, 0) is 16.0 Å². The minimum Gasteiger partial charge on any atom is -0.376 e. The molecule has 2 aliphatic rings. The number of aromatic nitrogens is 2. The van der Waals surface area contributed by atoms with Crippen molar-refractivity contribution in [3.05, 3.63) is 48.2 Å². The number of nitrogens with zero attached hydrogens (tertiary/aromatic N) is 3. The zero-order chi connectivity index (χ0) is 19.2. The first-order valence-corrected chi connectivity index (χ1v) is 10.1. The van der Waals surface area contributed by atoms with E-state index in [4.69, 9.17) is 9.47 Å². The van der Waals surface area contributed by atoms with Gasteiger partial charge in [0.15, 0.2) is 5.82 Å². The predicted octanol–water partition coefficient (Wildman–Crippen LogP) is 3.12. The van der Waals surface area contributed by atoms with Crippen molar-refractivity contribution in [2.45, 2.75) is 44.4 Å². The second-order valence-electron chi connectivity index (χ2n) is 7.49. The lowest BCUT2D eigenvalue weighted by Crippen LogP contribution is -2.44. The Morgan fingerprint density at radius 1 is 1.07 bits per heavy atom. The molecule has 7 nitrogen and oxygen atoms in total. The number of urea groups is 1. The molecule has 150 valence electrons. The number of anilines is 1. The number of ether oxygens (including phenoxy) is 2. The Kier molecular flexibility index (Phi) is 6.24. The van der Waals surface area contributed by atoms with Gasteiger partial charge in [0, 0.05) is 38.6 Å². The highest BCUT2D eigenvalue weighted by atomic mass is 16.5. The summed E-state index contributed by atoms with van der Waals surface area (Å²) in [6.45, 7) is 3.42. The Balaban J connectivity index is 1.37. The average Bonchev–Trinajstić information content (AvgIpc) is 3.46. The van der Waals surface area contributed by atoms with Crippen molar-refractivity contribution in [3.63, 3.8) is 0 Å². The number of carbonyl (C=O) groups is 1. The van der Waals surface area contributed by atoms with Gasteiger partial charge in [0.25, 0.3) is 0 Å². The molecule has 1 aromatic carbocycles. The number of carbonyl (C=O) groups excluding carboxylic acids is 1. The molecule has 2 amide bonds. The topological polar surface area (TPSA) is 68.6 Å². The molecular formula is C21H28N4O3. The highest BCUT2D eigenvalue weighted by Gasteiger charge is 2.27. The summed E-state index contributed by atoms with van der Waals surface area (Å²) < 4.78 is 13.3. The van der Waals surface area contributed by atoms with E-state index in [1.165, 1.54) is 5.56 Å². The van der Waals surface area contributed by atoms with E-state index in [9.17, 15) is 4.79 Å². The largest absolute Gasteiger partial charge is 0.376 e. The van der Waals surface area contributed by atoms with Crippen molar-refractivity contribution in [1.29, 1.82) is 0 Å². The maximum Gasteiger partial charge on any atom is 0.323 e. The SMILES string of the molecule is O=C(Nc1ccn(Cc2ccccc2)n1)N(C[C@@H]1CCCO1)C[C@@H]1CCCO1. The minimum absolute atomic E-state index is 0.114. The van der Waals surface area contributed by atoms with Gasteiger partial charge < -0.3 is 14.4 Å². The van der Waals surface area contributed by atoms with Crippen LogP contribution in [0.4, 0.5) is 10.6 Å². The van der Waals surface area contributed by atoms with Crippen LogP contribution < -0.4 is 5.32 Å². The van der Waals surface area contributed by atoms with Crippen LogP contribution in [-0.4, -0.2) is 59.2 Å². The van der Waals surface area contributed by atoms with Gasteiger partial charge in [-0.25, -0.2) is 4.79 Å². The molecule has 2 saturated heterocycles. The van der Waals surface area contributed by atoms with Crippen molar-refractivity contribution in [2.75, 3.05) is 31.6 Å². The van der Waals surface area contributed by atoms with Crippen LogP contribution >= 0.6 is 0 Å². The van der Waals surface area contributed by atoms with E-state index >= 15 is 0 Å². The number of hydrogen-bond acceptors (Lipinski definition) is 4. The number of nitrogens with one attached hydrogen (secondary N) is 1. The summed E-state index contributed by atoms with van der Waals surface area (Å²) >= 11 is 0. The Morgan fingerprint density at radius 3 is 2.36 bits per heavy atom. The second kappa shape index (κ2) is 9.21. The fraction of sp³-hybridized carbons (Fsp3) is 0.524. The van der Waals surface area contributed by atoms with E-state index < -0.39 is 0 Å². The van der Waals surface area contributed by atoms with Crippen LogP contribution in [0.1, 0.15) is 31.2 Å². The van der Waals surface area contributed by atoms with Crippen molar-refractivity contribution in [1.82, 2.24) is 14.7 Å². The van der Waals surface area contributed by atoms with Crippen molar-refractivity contribution in [2.24, 2.45) is 0 Å². The minimum atomic E-state index is -0.143. The molecule has 2 fully saturated rings. The Morgan fingerprint density at radius 2 is 1.75 bits per heavy atom. The Bertz CT molecular complexity index is 734. The van der Waals surface area contributed by atoms with Gasteiger partial charge in [-0.05, 0) is 31.2 Å². The normalized spacial score (nSPS) is 21.7. The van der Waals surface area contributed by atoms with E-state index in [2.05, 4.69) is 22.5 Å². The van der Waals surface area contributed by atoms with Crippen LogP contribution in [0.3, 0.4) is 0 Å². The van der Waals surface area contributed by atoms with Crippen LogP contribution in [0.25, 0.3) is 0 Å². The Labute approximate surface area is 165 Å². The van der Waals surface area contributed by atoms with Crippen LogP contribution in [0.5, 0.6) is 0 Å². The van der Waals surface area contributed by atoms with Gasteiger partial charge in [-0.15, -0.1) is 0 Å². The third-order valence-corrected chi connectivity index (χ3v) is 5.25. The molecular weight excluding hydrogens is 356 g/mol. The lowest BCUT2D eigenvalue weighted by atomic mass is 10.2. The lowest BCUT2D eigenvalue weighted by molar-refractivity contribution is 0.0524. The molecule has 7 heteroatoms. The molecule has 0 radical (unpaired) electrons. The van der Waals surface area contributed by atoms with Gasteiger partial charge in [0.1, 0.15) is 0 Å². The maximum atomic E-state index is 12.9. The Hall–Kier alpha value is -2.38. The summed E-state index contributed by atoms with van der Waals surface area (Å²) in [4.78, 5) is 14.7. The summed E-state index contributed by atoms with van der Waals surface area (Å²) in [5, 5.41) is 7.43. The van der Waals surface area contributed by atoms with Crippen LogP contribution in [0.15, 0.2) is 42.6 Å². The summed E-state index contributed by atoms with van der Waals surface area (Å²) in [5.74, 6) is 0.561. The van der Waals surface area contributed by atoms with Gasteiger partial charge in [-0.3, -0.25) is 10.00 Å². The average molecular weight is 384 g/mol. The summed E-state index contributed by atoms with van der Waals surface area (Å²) in [6.07, 6.45) is 6.23. The lowest BCUT2D eigenvalue weighted by Gasteiger charge is -2.27. The van der Waals surface area contributed by atoms with Crippen molar-refractivity contribution >= 4 is 11.8 Å². The zero-order valence-corrected chi connectivity index (χ0v) is 16.1. The monoisotopic (exact) mass is 384 g/mol. The molecule has 2 aromatic rings. The maximum absolute atomic E-state index is 12.9. The van der Waals surface area contributed by atoms with Crippen molar-refractivity contribution < 1.29 is 14.3 Å². The van der Waals surface area contributed by atoms with E-state index in [0.29, 0.717) is 25.5 Å². The van der Waals surface area contributed by atoms with E-state index in [0.717, 1.165) is 38.9 Å². The second-order valence-corrected chi connectivity index (χ2v) is 7.49. The summed E-state index contributed by atoms with van der Waals surface area (Å²) in [6, 6.07) is 11.8. The first-order chi connectivity index (χ1) is 13.8. The molecule has 0 unspecified atom stereocenters. The number of hydrogen-bond donors (Lipinski definition) is 1. The van der Waals surface area contributed by atoms with Crippen LogP contribution in [0.2, 0.25) is 0 Å². The highest BCUT2D eigenvalue weighted by Crippen LogP contribution is 2.18. The van der Waals surface area contributed by atoms with Gasteiger partial charge in [-0.2, -0.15) is 5.10 Å². The smallest absolute Gasteiger partial charge is 0.323 e. The van der Waals surface area contributed by atoms with Crippen molar-refractivity contribution in [3.8, 4) is 0 Å². The quantitative estimate of drug-likeness (QED) is 0.796. The zero-order valence-electron chi connectivity index (χ0n) is 16.1. The first kappa shape index (κ1) is 19.0. The fourth-order valence-electron chi connectivity index (χ4n) is 3.78. The molecule has 0 spiro atoms. The molecule has 2 atom stereocenters. The molecule has 28 heavy (non-hydrogen) atoms. The first-order valence-electron chi connectivity index (χ1n) is 10.1. The number of amides is 2. The molecule has 1 N–H and O–H groups in total. The predicted molar refractivity (Wildman–Crippen MR) is 106 cm³/mol.